The van der Waals surface area contributed by atoms with Crippen molar-refractivity contribution in [3.8, 4) is 0 Å². The van der Waals surface area contributed by atoms with E-state index in [9.17, 15) is 14.7 Å². The summed E-state index contributed by atoms with van der Waals surface area (Å²) in [6.45, 7) is 3.99. The Morgan fingerprint density at radius 3 is 1.08 bits per heavy atom. The third kappa shape index (κ3) is 47.5. The van der Waals surface area contributed by atoms with Gasteiger partial charge in [-0.3, -0.25) is 9.59 Å². The monoisotopic (exact) mass is 833 g/mol. The number of carbonyl (C=O) groups is 2. The first-order valence-corrected chi connectivity index (χ1v) is 24.8. The lowest BCUT2D eigenvalue weighted by Crippen LogP contribution is -2.28. The number of ether oxygens (including phenoxy) is 2. The average Bonchev–Trinajstić information content (AvgIpc) is 3.25. The molecule has 0 aliphatic rings. The van der Waals surface area contributed by atoms with Gasteiger partial charge in [0.25, 0.3) is 0 Å². The molecule has 1 atom stereocenters. The zero-order chi connectivity index (χ0) is 43.5. The van der Waals surface area contributed by atoms with E-state index in [0.29, 0.717) is 12.8 Å². The third-order valence-corrected chi connectivity index (χ3v) is 10.4. The van der Waals surface area contributed by atoms with Crippen molar-refractivity contribution in [1.82, 2.24) is 0 Å². The maximum atomic E-state index is 12.3. The van der Waals surface area contributed by atoms with Gasteiger partial charge in [0.15, 0.2) is 6.10 Å². The normalized spacial score (nSPS) is 13.1. The van der Waals surface area contributed by atoms with Crippen LogP contribution < -0.4 is 0 Å². The van der Waals surface area contributed by atoms with E-state index < -0.39 is 6.10 Å². The lowest BCUT2D eigenvalue weighted by molar-refractivity contribution is -0.161. The smallest absolute Gasteiger partial charge is 0.306 e. The second-order valence-corrected chi connectivity index (χ2v) is 16.2. The third-order valence-electron chi connectivity index (χ3n) is 10.4. The molecular weight excluding hydrogens is 741 g/mol. The summed E-state index contributed by atoms with van der Waals surface area (Å²) in [6.07, 6.45) is 70.6. The van der Waals surface area contributed by atoms with E-state index in [1.165, 1.54) is 96.3 Å². The second-order valence-electron chi connectivity index (χ2n) is 16.2. The number of rotatable bonds is 44. The molecule has 5 nitrogen and oxygen atoms in total. The lowest BCUT2D eigenvalue weighted by atomic mass is 10.0. The van der Waals surface area contributed by atoms with E-state index in [1.54, 1.807) is 0 Å². The van der Waals surface area contributed by atoms with E-state index >= 15 is 0 Å². The molecule has 0 fully saturated rings. The standard InChI is InChI=1S/C55H92O5/c1-3-5-7-9-11-13-15-17-19-21-23-25-27-29-31-33-35-37-39-41-43-45-47-49-54(57)59-52-53(51-56)60-55(58)50-48-46-44-42-40-38-36-34-32-30-28-26-24-22-20-18-16-14-12-10-8-6-4-2/h6,8,12,14-15,17-18,20-21,23-24,26,30,32,36,38,53,56H,3-5,7,9-11,13,16,19,22,25,27-29,31,33-35,37,39-52H2,1-2H3/b8-6-,14-12-,17-15-,20-18-,23-21-,26-24-,32-30-,38-36-. The van der Waals surface area contributed by atoms with Crippen molar-refractivity contribution in [3.05, 3.63) is 97.2 Å². The van der Waals surface area contributed by atoms with Crippen LogP contribution in [0, 0.1) is 0 Å². The molecule has 0 saturated carbocycles. The Balaban J connectivity index is 3.60. The predicted octanol–water partition coefficient (Wildman–Crippen LogP) is 16.4. The van der Waals surface area contributed by atoms with Crippen LogP contribution >= 0.6 is 0 Å². The topological polar surface area (TPSA) is 72.8 Å². The fraction of sp³-hybridized carbons (Fsp3) is 0.673. The SMILES string of the molecule is CC/C=C\C/C=C\C/C=C\C/C=C\C/C=C\C/C=C\CCCCCCC(=O)OC(CO)COC(=O)CCCCCCCCCCCCC/C=C\C/C=C\CCCCCCC. The van der Waals surface area contributed by atoms with Crippen LogP contribution in [0.1, 0.15) is 219 Å². The molecule has 0 aromatic rings. The molecule has 5 heteroatoms. The van der Waals surface area contributed by atoms with E-state index in [-0.39, 0.29) is 25.2 Å². The zero-order valence-electron chi connectivity index (χ0n) is 38.9. The van der Waals surface area contributed by atoms with E-state index in [4.69, 9.17) is 9.47 Å². The number of aliphatic hydroxyl groups is 1. The molecule has 0 aromatic carbocycles. The van der Waals surface area contributed by atoms with Crippen molar-refractivity contribution in [2.45, 2.75) is 225 Å². The van der Waals surface area contributed by atoms with Crippen LogP contribution in [-0.4, -0.2) is 36.4 Å². The van der Waals surface area contributed by atoms with Crippen LogP contribution in [0.25, 0.3) is 0 Å². The predicted molar refractivity (Wildman–Crippen MR) is 260 cm³/mol. The molecule has 0 heterocycles. The summed E-state index contributed by atoms with van der Waals surface area (Å²) in [4.78, 5) is 24.4. The van der Waals surface area contributed by atoms with Gasteiger partial charge in [-0.25, -0.2) is 0 Å². The number of allylic oxidation sites excluding steroid dienone is 16. The highest BCUT2D eigenvalue weighted by Crippen LogP contribution is 2.14. The van der Waals surface area contributed by atoms with Crippen LogP contribution in [-0.2, 0) is 19.1 Å². The maximum Gasteiger partial charge on any atom is 0.306 e. The van der Waals surface area contributed by atoms with Crippen LogP contribution in [0.15, 0.2) is 97.2 Å². The molecule has 1 N–H and O–H groups in total. The Labute approximate surface area is 370 Å². The summed E-state index contributed by atoms with van der Waals surface area (Å²) in [6, 6.07) is 0. The number of hydrogen-bond acceptors (Lipinski definition) is 5. The molecule has 0 bridgehead atoms. The summed E-state index contributed by atoms with van der Waals surface area (Å²) >= 11 is 0. The van der Waals surface area contributed by atoms with Crippen molar-refractivity contribution in [3.63, 3.8) is 0 Å². The minimum Gasteiger partial charge on any atom is -0.462 e. The quantitative estimate of drug-likeness (QED) is 0.0376. The number of hydrogen-bond donors (Lipinski definition) is 1. The van der Waals surface area contributed by atoms with Gasteiger partial charge >= 0.3 is 11.9 Å². The summed E-state index contributed by atoms with van der Waals surface area (Å²) < 4.78 is 10.7. The van der Waals surface area contributed by atoms with Gasteiger partial charge in [-0.2, -0.15) is 0 Å². The number of aliphatic hydroxyl groups excluding tert-OH is 1. The van der Waals surface area contributed by atoms with Crippen LogP contribution in [0.5, 0.6) is 0 Å². The highest BCUT2D eigenvalue weighted by molar-refractivity contribution is 5.70. The molecule has 1 unspecified atom stereocenters. The van der Waals surface area contributed by atoms with Crippen LogP contribution in [0.2, 0.25) is 0 Å². The highest BCUT2D eigenvalue weighted by Gasteiger charge is 2.16. The summed E-state index contributed by atoms with van der Waals surface area (Å²) in [5.41, 5.74) is 0. The van der Waals surface area contributed by atoms with Gasteiger partial charge in [0.05, 0.1) is 6.61 Å². The van der Waals surface area contributed by atoms with Crippen molar-refractivity contribution in [1.29, 1.82) is 0 Å². The minimum absolute atomic E-state index is 0.0827. The zero-order valence-corrected chi connectivity index (χ0v) is 38.9. The molecule has 0 radical (unpaired) electrons. The first kappa shape index (κ1) is 56.8. The van der Waals surface area contributed by atoms with Crippen LogP contribution in [0.4, 0.5) is 0 Å². The minimum atomic E-state index is -0.793. The molecule has 0 aliphatic heterocycles. The molecule has 0 spiro atoms. The van der Waals surface area contributed by atoms with E-state index in [0.717, 1.165) is 96.3 Å². The van der Waals surface area contributed by atoms with Crippen molar-refractivity contribution < 1.29 is 24.2 Å². The Hall–Kier alpha value is -3.18. The first-order valence-electron chi connectivity index (χ1n) is 24.8. The summed E-state index contributed by atoms with van der Waals surface area (Å²) in [7, 11) is 0. The number of esters is 2. The fourth-order valence-electron chi connectivity index (χ4n) is 6.65. The Morgan fingerprint density at radius 2 is 0.717 bits per heavy atom. The summed E-state index contributed by atoms with van der Waals surface area (Å²) in [5.74, 6) is -0.625. The number of carbonyl (C=O) groups excluding carboxylic acids is 2. The largest absolute Gasteiger partial charge is 0.462 e. The Bertz CT molecular complexity index is 1170. The fourth-order valence-corrected chi connectivity index (χ4v) is 6.65. The molecule has 0 amide bonds. The van der Waals surface area contributed by atoms with Crippen molar-refractivity contribution in [2.75, 3.05) is 13.2 Å². The van der Waals surface area contributed by atoms with Gasteiger partial charge in [0.2, 0.25) is 0 Å². The molecule has 0 aliphatic carbocycles. The molecular formula is C55H92O5. The van der Waals surface area contributed by atoms with Gasteiger partial charge in [-0.05, 0) is 96.3 Å². The van der Waals surface area contributed by atoms with E-state index in [2.05, 4.69) is 111 Å². The van der Waals surface area contributed by atoms with Gasteiger partial charge in [0, 0.05) is 12.8 Å². The first-order chi connectivity index (χ1) is 29.6. The van der Waals surface area contributed by atoms with E-state index in [1.807, 2.05) is 0 Å². The molecule has 60 heavy (non-hydrogen) atoms. The van der Waals surface area contributed by atoms with Gasteiger partial charge in [-0.15, -0.1) is 0 Å². The molecule has 0 aromatic heterocycles. The highest BCUT2D eigenvalue weighted by atomic mass is 16.6. The van der Waals surface area contributed by atoms with Gasteiger partial charge in [-0.1, -0.05) is 207 Å². The van der Waals surface area contributed by atoms with Gasteiger partial charge in [0.1, 0.15) is 6.61 Å². The van der Waals surface area contributed by atoms with Crippen molar-refractivity contribution >= 4 is 11.9 Å². The lowest BCUT2D eigenvalue weighted by Gasteiger charge is -2.15. The second kappa shape index (κ2) is 50.2. The maximum absolute atomic E-state index is 12.3. The van der Waals surface area contributed by atoms with Crippen LogP contribution in [0.3, 0.4) is 0 Å². The Kier molecular flexibility index (Phi) is 47.5. The molecule has 0 saturated heterocycles. The number of unbranched alkanes of at least 4 members (excludes halogenated alkanes) is 20. The summed E-state index contributed by atoms with van der Waals surface area (Å²) in [5, 5.41) is 9.62. The molecule has 342 valence electrons. The Morgan fingerprint density at radius 1 is 0.400 bits per heavy atom. The average molecular weight is 833 g/mol. The molecule has 0 rings (SSSR count). The van der Waals surface area contributed by atoms with Crippen molar-refractivity contribution in [2.24, 2.45) is 0 Å². The van der Waals surface area contributed by atoms with Gasteiger partial charge < -0.3 is 14.6 Å².